The SMILES string of the molecule is Cc1noc(C)c1CC(=O)N1CC(Oc2ncccc2C#N)C1. The lowest BCUT2D eigenvalue weighted by Gasteiger charge is -2.38. The summed E-state index contributed by atoms with van der Waals surface area (Å²) in [6, 6.07) is 5.38. The average Bonchev–Trinajstić information content (AvgIpc) is 2.82. The van der Waals surface area contributed by atoms with Crippen LogP contribution in [0.4, 0.5) is 0 Å². The van der Waals surface area contributed by atoms with Crippen molar-refractivity contribution in [3.63, 3.8) is 0 Å². The van der Waals surface area contributed by atoms with Crippen LogP contribution in [0.25, 0.3) is 0 Å². The maximum absolute atomic E-state index is 12.3. The fourth-order valence-corrected chi connectivity index (χ4v) is 2.46. The third-order valence-corrected chi connectivity index (χ3v) is 3.88. The van der Waals surface area contributed by atoms with E-state index in [0.717, 1.165) is 11.3 Å². The van der Waals surface area contributed by atoms with E-state index < -0.39 is 0 Å². The number of nitrogens with zero attached hydrogens (tertiary/aromatic N) is 4. The van der Waals surface area contributed by atoms with Crippen LogP contribution < -0.4 is 4.74 Å². The standard InChI is InChI=1S/C16H16N4O3/c1-10-14(11(2)23-19-10)6-15(21)20-8-13(9-20)22-16-12(7-17)4-3-5-18-16/h3-5,13H,6,8-9H2,1-2H3. The maximum Gasteiger partial charge on any atom is 0.232 e. The summed E-state index contributed by atoms with van der Waals surface area (Å²) < 4.78 is 10.7. The van der Waals surface area contributed by atoms with Crippen molar-refractivity contribution in [3.05, 3.63) is 40.9 Å². The van der Waals surface area contributed by atoms with Crippen LogP contribution in [0.3, 0.4) is 0 Å². The smallest absolute Gasteiger partial charge is 0.232 e. The van der Waals surface area contributed by atoms with Crippen molar-refractivity contribution in [2.45, 2.75) is 26.4 Å². The van der Waals surface area contributed by atoms with Crippen LogP contribution in [0.15, 0.2) is 22.9 Å². The highest BCUT2D eigenvalue weighted by Crippen LogP contribution is 2.21. The van der Waals surface area contributed by atoms with Crippen molar-refractivity contribution in [1.29, 1.82) is 5.26 Å². The molecule has 0 aliphatic carbocycles. The van der Waals surface area contributed by atoms with E-state index in [0.29, 0.717) is 30.3 Å². The molecule has 0 aromatic carbocycles. The highest BCUT2D eigenvalue weighted by molar-refractivity contribution is 5.80. The molecule has 0 N–H and O–H groups in total. The molecule has 3 rings (SSSR count). The number of aryl methyl sites for hydroxylation is 2. The molecule has 3 heterocycles. The Hall–Kier alpha value is -2.88. The van der Waals surface area contributed by atoms with Gasteiger partial charge in [-0.15, -0.1) is 0 Å². The van der Waals surface area contributed by atoms with Crippen LogP contribution in [0.2, 0.25) is 0 Å². The van der Waals surface area contributed by atoms with Gasteiger partial charge < -0.3 is 14.2 Å². The Morgan fingerprint density at radius 2 is 2.30 bits per heavy atom. The number of aromatic nitrogens is 2. The highest BCUT2D eigenvalue weighted by atomic mass is 16.5. The van der Waals surface area contributed by atoms with Gasteiger partial charge in [0.15, 0.2) is 0 Å². The molecule has 2 aromatic heterocycles. The van der Waals surface area contributed by atoms with E-state index in [1.165, 1.54) is 0 Å². The summed E-state index contributed by atoms with van der Waals surface area (Å²) in [5, 5.41) is 12.9. The van der Waals surface area contributed by atoms with Gasteiger partial charge in [-0.3, -0.25) is 4.79 Å². The average molecular weight is 312 g/mol. The van der Waals surface area contributed by atoms with Crippen molar-refractivity contribution in [2.75, 3.05) is 13.1 Å². The molecule has 0 radical (unpaired) electrons. The van der Waals surface area contributed by atoms with Gasteiger partial charge in [-0.2, -0.15) is 5.26 Å². The summed E-state index contributed by atoms with van der Waals surface area (Å²) in [6.07, 6.45) is 1.72. The number of likely N-dealkylation sites (tertiary alicyclic amines) is 1. The number of carbonyl (C=O) groups excluding carboxylic acids is 1. The summed E-state index contributed by atoms with van der Waals surface area (Å²) in [6.45, 7) is 4.61. The molecule has 118 valence electrons. The van der Waals surface area contributed by atoms with Gasteiger partial charge in [0.1, 0.15) is 23.5 Å². The van der Waals surface area contributed by atoms with E-state index in [4.69, 9.17) is 14.5 Å². The quantitative estimate of drug-likeness (QED) is 0.847. The summed E-state index contributed by atoms with van der Waals surface area (Å²) in [5.41, 5.74) is 1.99. The van der Waals surface area contributed by atoms with E-state index in [-0.39, 0.29) is 18.4 Å². The number of pyridine rings is 1. The summed E-state index contributed by atoms with van der Waals surface area (Å²) in [5.74, 6) is 1.01. The van der Waals surface area contributed by atoms with Gasteiger partial charge in [0, 0.05) is 11.8 Å². The lowest BCUT2D eigenvalue weighted by molar-refractivity contribution is -0.139. The molecule has 0 unspecified atom stereocenters. The van der Waals surface area contributed by atoms with Crippen molar-refractivity contribution in [1.82, 2.24) is 15.0 Å². The second kappa shape index (κ2) is 6.08. The Labute approximate surface area is 133 Å². The fourth-order valence-electron chi connectivity index (χ4n) is 2.46. The molecular formula is C16H16N4O3. The van der Waals surface area contributed by atoms with Crippen LogP contribution in [-0.4, -0.2) is 40.1 Å². The molecule has 1 fully saturated rings. The first-order valence-electron chi connectivity index (χ1n) is 7.29. The predicted octanol–water partition coefficient (Wildman–Crippen LogP) is 1.39. The van der Waals surface area contributed by atoms with E-state index in [2.05, 4.69) is 10.1 Å². The van der Waals surface area contributed by atoms with E-state index in [9.17, 15) is 4.79 Å². The van der Waals surface area contributed by atoms with Gasteiger partial charge in [-0.05, 0) is 26.0 Å². The van der Waals surface area contributed by atoms with Crippen molar-refractivity contribution >= 4 is 5.91 Å². The molecule has 0 atom stereocenters. The van der Waals surface area contributed by atoms with Crippen LogP contribution in [0, 0.1) is 25.2 Å². The third kappa shape index (κ3) is 3.01. The largest absolute Gasteiger partial charge is 0.470 e. The number of rotatable bonds is 4. The Balaban J connectivity index is 1.55. The van der Waals surface area contributed by atoms with Crippen molar-refractivity contribution < 1.29 is 14.1 Å². The molecule has 0 bridgehead atoms. The second-order valence-electron chi connectivity index (χ2n) is 5.49. The first kappa shape index (κ1) is 15.0. The highest BCUT2D eigenvalue weighted by Gasteiger charge is 2.33. The molecule has 2 aromatic rings. The molecule has 1 aliphatic rings. The second-order valence-corrected chi connectivity index (χ2v) is 5.49. The van der Waals surface area contributed by atoms with Crippen LogP contribution in [-0.2, 0) is 11.2 Å². The molecule has 1 amide bonds. The number of ether oxygens (including phenoxy) is 1. The number of hydrogen-bond donors (Lipinski definition) is 0. The zero-order valence-corrected chi connectivity index (χ0v) is 12.9. The van der Waals surface area contributed by atoms with E-state index in [1.807, 2.05) is 13.0 Å². The van der Waals surface area contributed by atoms with Crippen LogP contribution >= 0.6 is 0 Å². The van der Waals surface area contributed by atoms with E-state index >= 15 is 0 Å². The van der Waals surface area contributed by atoms with Gasteiger partial charge >= 0.3 is 0 Å². The Bertz CT molecular complexity index is 752. The number of carbonyl (C=O) groups is 1. The third-order valence-electron chi connectivity index (χ3n) is 3.88. The van der Waals surface area contributed by atoms with E-state index in [1.54, 1.807) is 30.2 Å². The molecule has 0 spiro atoms. The fraction of sp³-hybridized carbons (Fsp3) is 0.375. The zero-order valence-electron chi connectivity index (χ0n) is 12.9. The minimum atomic E-state index is -0.134. The maximum atomic E-state index is 12.3. The lowest BCUT2D eigenvalue weighted by Crippen LogP contribution is -2.56. The van der Waals surface area contributed by atoms with Gasteiger partial charge in [0.25, 0.3) is 0 Å². The zero-order chi connectivity index (χ0) is 16.4. The first-order chi connectivity index (χ1) is 11.1. The first-order valence-corrected chi connectivity index (χ1v) is 7.29. The Kier molecular flexibility index (Phi) is 3.98. The molecular weight excluding hydrogens is 296 g/mol. The molecule has 0 saturated carbocycles. The summed E-state index contributed by atoms with van der Waals surface area (Å²) in [4.78, 5) is 18.0. The number of hydrogen-bond acceptors (Lipinski definition) is 6. The molecule has 7 heteroatoms. The number of nitriles is 1. The van der Waals surface area contributed by atoms with Gasteiger partial charge in [0.2, 0.25) is 11.8 Å². The molecule has 1 aliphatic heterocycles. The van der Waals surface area contributed by atoms with Gasteiger partial charge in [-0.25, -0.2) is 4.98 Å². The number of amides is 1. The monoisotopic (exact) mass is 312 g/mol. The Morgan fingerprint density at radius 3 is 2.96 bits per heavy atom. The summed E-state index contributed by atoms with van der Waals surface area (Å²) in [7, 11) is 0. The Morgan fingerprint density at radius 1 is 1.52 bits per heavy atom. The molecule has 7 nitrogen and oxygen atoms in total. The van der Waals surface area contributed by atoms with Crippen LogP contribution in [0.5, 0.6) is 5.88 Å². The normalized spacial score (nSPS) is 14.2. The predicted molar refractivity (Wildman–Crippen MR) is 79.6 cm³/mol. The minimum Gasteiger partial charge on any atom is -0.470 e. The lowest BCUT2D eigenvalue weighted by atomic mass is 10.1. The van der Waals surface area contributed by atoms with Gasteiger partial charge in [0.05, 0.1) is 25.2 Å². The van der Waals surface area contributed by atoms with Crippen molar-refractivity contribution in [3.8, 4) is 11.9 Å². The minimum absolute atomic E-state index is 0.0146. The van der Waals surface area contributed by atoms with Crippen LogP contribution in [0.1, 0.15) is 22.6 Å². The topological polar surface area (TPSA) is 92.2 Å². The van der Waals surface area contributed by atoms with Gasteiger partial charge in [-0.1, -0.05) is 5.16 Å². The molecule has 23 heavy (non-hydrogen) atoms. The summed E-state index contributed by atoms with van der Waals surface area (Å²) >= 11 is 0. The van der Waals surface area contributed by atoms with Crippen molar-refractivity contribution in [2.24, 2.45) is 0 Å². The molecule has 1 saturated heterocycles.